The summed E-state index contributed by atoms with van der Waals surface area (Å²) >= 11 is 0. The van der Waals surface area contributed by atoms with Gasteiger partial charge in [0.25, 0.3) is 0 Å². The second-order valence-corrected chi connectivity index (χ2v) is 5.88. The Kier molecular flexibility index (Phi) is 9.34. The fourth-order valence-corrected chi connectivity index (χ4v) is 2.16. The molecule has 0 aromatic rings. The van der Waals surface area contributed by atoms with E-state index in [1.807, 2.05) is 0 Å². The van der Waals surface area contributed by atoms with Crippen molar-refractivity contribution in [3.8, 4) is 0 Å². The molecule has 0 fully saturated rings. The summed E-state index contributed by atoms with van der Waals surface area (Å²) in [6.45, 7) is 12.3. The third kappa shape index (κ3) is 10.8. The van der Waals surface area contributed by atoms with Crippen LogP contribution in [0, 0.1) is 5.92 Å². The van der Waals surface area contributed by atoms with Gasteiger partial charge in [-0.1, -0.05) is 18.6 Å². The third-order valence-corrected chi connectivity index (χ3v) is 2.83. The van der Waals surface area contributed by atoms with Crippen LogP contribution in [-0.2, 0) is 0 Å². The van der Waals surface area contributed by atoms with Crippen molar-refractivity contribution in [1.82, 2.24) is 4.90 Å². The lowest BCUT2D eigenvalue weighted by Gasteiger charge is -2.27. The van der Waals surface area contributed by atoms with Crippen LogP contribution in [0.2, 0.25) is 0 Å². The van der Waals surface area contributed by atoms with Gasteiger partial charge in [0.2, 0.25) is 0 Å². The monoisotopic (exact) mass is 257 g/mol. The minimum atomic E-state index is -0.339. The molecule has 0 aliphatic carbocycles. The van der Waals surface area contributed by atoms with E-state index in [2.05, 4.69) is 31.7 Å². The van der Waals surface area contributed by atoms with E-state index in [9.17, 15) is 10.2 Å². The predicted molar refractivity (Wildman–Crippen MR) is 77.6 cm³/mol. The molecule has 0 saturated carbocycles. The van der Waals surface area contributed by atoms with Crippen molar-refractivity contribution < 1.29 is 10.2 Å². The first kappa shape index (κ1) is 17.6. The summed E-state index contributed by atoms with van der Waals surface area (Å²) in [5.74, 6) is 0.582. The van der Waals surface area contributed by atoms with E-state index in [4.69, 9.17) is 0 Å². The van der Waals surface area contributed by atoms with Gasteiger partial charge in [0.1, 0.15) is 0 Å². The molecule has 0 aromatic carbocycles. The van der Waals surface area contributed by atoms with Crippen LogP contribution in [0.5, 0.6) is 0 Å². The summed E-state index contributed by atoms with van der Waals surface area (Å²) in [6.07, 6.45) is 3.86. The summed E-state index contributed by atoms with van der Waals surface area (Å²) in [5.41, 5.74) is 1.37. The molecule has 3 nitrogen and oxygen atoms in total. The molecule has 0 saturated heterocycles. The van der Waals surface area contributed by atoms with Gasteiger partial charge in [-0.3, -0.25) is 4.90 Å². The maximum absolute atomic E-state index is 9.46. The average Bonchev–Trinajstić information content (AvgIpc) is 2.13. The zero-order valence-corrected chi connectivity index (χ0v) is 12.7. The highest BCUT2D eigenvalue weighted by Gasteiger charge is 2.14. The second-order valence-electron chi connectivity index (χ2n) is 5.88. The zero-order chi connectivity index (χ0) is 14.1. The number of aliphatic hydroxyl groups excluding tert-OH is 2. The van der Waals surface area contributed by atoms with Crippen LogP contribution in [0.15, 0.2) is 11.6 Å². The Balaban J connectivity index is 4.08. The van der Waals surface area contributed by atoms with Gasteiger partial charge < -0.3 is 10.2 Å². The van der Waals surface area contributed by atoms with E-state index >= 15 is 0 Å². The van der Waals surface area contributed by atoms with E-state index in [1.54, 1.807) is 13.8 Å². The summed E-state index contributed by atoms with van der Waals surface area (Å²) in [4.78, 5) is 2.16. The molecule has 108 valence electrons. The highest BCUT2D eigenvalue weighted by molar-refractivity contribution is 4.92. The van der Waals surface area contributed by atoms with Crippen LogP contribution in [-0.4, -0.2) is 47.0 Å². The van der Waals surface area contributed by atoms with E-state index < -0.39 is 0 Å². The van der Waals surface area contributed by atoms with Crippen LogP contribution in [0.1, 0.15) is 47.5 Å². The first-order valence-corrected chi connectivity index (χ1v) is 7.03. The first-order chi connectivity index (χ1) is 8.31. The van der Waals surface area contributed by atoms with Crippen molar-refractivity contribution >= 4 is 0 Å². The molecule has 3 unspecified atom stereocenters. The summed E-state index contributed by atoms with van der Waals surface area (Å²) in [6, 6.07) is 0. The van der Waals surface area contributed by atoms with E-state index in [1.165, 1.54) is 5.57 Å². The highest BCUT2D eigenvalue weighted by Crippen LogP contribution is 2.10. The van der Waals surface area contributed by atoms with Gasteiger partial charge in [0.05, 0.1) is 12.2 Å². The molecule has 0 heterocycles. The molecule has 3 atom stereocenters. The number of hydrogen-bond acceptors (Lipinski definition) is 3. The van der Waals surface area contributed by atoms with Crippen molar-refractivity contribution in [2.24, 2.45) is 5.92 Å². The van der Waals surface area contributed by atoms with Crippen molar-refractivity contribution in [3.05, 3.63) is 11.6 Å². The van der Waals surface area contributed by atoms with E-state index in [0.29, 0.717) is 19.0 Å². The van der Waals surface area contributed by atoms with Gasteiger partial charge >= 0.3 is 0 Å². The van der Waals surface area contributed by atoms with Gasteiger partial charge in [-0.2, -0.15) is 0 Å². The van der Waals surface area contributed by atoms with Crippen LogP contribution in [0.3, 0.4) is 0 Å². The number of hydrogen-bond donors (Lipinski definition) is 2. The van der Waals surface area contributed by atoms with E-state index in [0.717, 1.165) is 19.4 Å². The quantitative estimate of drug-likeness (QED) is 0.624. The van der Waals surface area contributed by atoms with Gasteiger partial charge in [-0.25, -0.2) is 0 Å². The third-order valence-electron chi connectivity index (χ3n) is 2.83. The lowest BCUT2D eigenvalue weighted by molar-refractivity contribution is 0.0747. The lowest BCUT2D eigenvalue weighted by Crippen LogP contribution is -2.39. The molecule has 0 radical (unpaired) electrons. The molecule has 0 bridgehead atoms. The van der Waals surface area contributed by atoms with Gasteiger partial charge in [0.15, 0.2) is 0 Å². The SMILES string of the molecule is CC(C)=CCCC(C)CN(CC(C)O)CC(C)O. The molecule has 0 aliphatic rings. The van der Waals surface area contributed by atoms with Crippen molar-refractivity contribution in [1.29, 1.82) is 0 Å². The van der Waals surface area contributed by atoms with Crippen molar-refractivity contribution in [2.75, 3.05) is 19.6 Å². The maximum atomic E-state index is 9.46. The summed E-state index contributed by atoms with van der Waals surface area (Å²) in [7, 11) is 0. The topological polar surface area (TPSA) is 43.7 Å². The Morgan fingerprint density at radius 2 is 1.50 bits per heavy atom. The molecule has 0 aliphatic heterocycles. The largest absolute Gasteiger partial charge is 0.392 e. The van der Waals surface area contributed by atoms with Crippen LogP contribution >= 0.6 is 0 Å². The fraction of sp³-hybridized carbons (Fsp3) is 0.867. The van der Waals surface area contributed by atoms with Gasteiger partial charge in [-0.15, -0.1) is 0 Å². The normalized spacial score (nSPS) is 16.4. The molecule has 0 spiro atoms. The number of aliphatic hydroxyl groups is 2. The standard InChI is InChI=1S/C15H31NO2/c1-12(2)7-6-8-13(3)9-16(10-14(4)17)11-15(5)18/h7,13-15,17-18H,6,8-11H2,1-5H3. The van der Waals surface area contributed by atoms with Gasteiger partial charge in [-0.05, 0) is 46.5 Å². The molecular weight excluding hydrogens is 226 g/mol. The molecule has 0 rings (SSSR count). The first-order valence-electron chi connectivity index (χ1n) is 7.03. The lowest BCUT2D eigenvalue weighted by atomic mass is 10.0. The number of nitrogens with zero attached hydrogens (tertiary/aromatic N) is 1. The predicted octanol–water partition coefficient (Wildman–Crippen LogP) is 2.43. The van der Waals surface area contributed by atoms with Gasteiger partial charge in [0, 0.05) is 19.6 Å². The second kappa shape index (κ2) is 9.54. The summed E-state index contributed by atoms with van der Waals surface area (Å²) < 4.78 is 0. The Morgan fingerprint density at radius 3 is 1.89 bits per heavy atom. The van der Waals surface area contributed by atoms with Crippen LogP contribution in [0.25, 0.3) is 0 Å². The van der Waals surface area contributed by atoms with Crippen LogP contribution < -0.4 is 0 Å². The Hall–Kier alpha value is -0.380. The van der Waals surface area contributed by atoms with E-state index in [-0.39, 0.29) is 12.2 Å². The Morgan fingerprint density at radius 1 is 1.00 bits per heavy atom. The zero-order valence-electron chi connectivity index (χ0n) is 12.7. The molecule has 2 N–H and O–H groups in total. The van der Waals surface area contributed by atoms with Crippen molar-refractivity contribution in [2.45, 2.75) is 59.7 Å². The Labute approximate surface area is 113 Å². The fourth-order valence-electron chi connectivity index (χ4n) is 2.16. The molecular formula is C15H31NO2. The van der Waals surface area contributed by atoms with Crippen LogP contribution in [0.4, 0.5) is 0 Å². The molecule has 0 aromatic heterocycles. The van der Waals surface area contributed by atoms with Crippen molar-refractivity contribution in [3.63, 3.8) is 0 Å². The minimum Gasteiger partial charge on any atom is -0.392 e. The average molecular weight is 257 g/mol. The smallest absolute Gasteiger partial charge is 0.0639 e. The maximum Gasteiger partial charge on any atom is 0.0639 e. The summed E-state index contributed by atoms with van der Waals surface area (Å²) in [5, 5.41) is 18.9. The number of rotatable bonds is 9. The molecule has 18 heavy (non-hydrogen) atoms. The molecule has 3 heteroatoms. The highest BCUT2D eigenvalue weighted by atomic mass is 16.3. The molecule has 0 amide bonds. The minimum absolute atomic E-state index is 0.339. The Bertz CT molecular complexity index is 223. The number of allylic oxidation sites excluding steroid dienone is 2.